The van der Waals surface area contributed by atoms with E-state index >= 15 is 0 Å². The normalized spacial score (nSPS) is 39.3. The maximum atomic E-state index is 12.3. The minimum atomic E-state index is 0.0582. The van der Waals surface area contributed by atoms with E-state index in [4.69, 9.17) is 4.74 Å². The second-order valence-corrected chi connectivity index (χ2v) is 8.05. The van der Waals surface area contributed by atoms with Crippen LogP contribution in [0.3, 0.4) is 0 Å². The lowest BCUT2D eigenvalue weighted by molar-refractivity contribution is -0.00921. The van der Waals surface area contributed by atoms with Gasteiger partial charge in [0.2, 0.25) is 0 Å². The average Bonchev–Trinajstić information content (AvgIpc) is 3.41. The van der Waals surface area contributed by atoms with Crippen LogP contribution in [0.1, 0.15) is 64.2 Å². The topological polar surface area (TPSA) is 50.4 Å². The highest BCUT2D eigenvalue weighted by atomic mass is 16.5. The summed E-state index contributed by atoms with van der Waals surface area (Å²) in [5, 5.41) is 6.46. The molecule has 0 aromatic heterocycles. The largest absolute Gasteiger partial charge is 0.378 e. The summed E-state index contributed by atoms with van der Waals surface area (Å²) >= 11 is 0. The summed E-state index contributed by atoms with van der Waals surface area (Å²) in [5.74, 6) is 2.62. The first kappa shape index (κ1) is 14.8. The van der Waals surface area contributed by atoms with E-state index in [1.165, 1.54) is 44.9 Å². The maximum Gasteiger partial charge on any atom is 0.315 e. The Bertz CT molecular complexity index is 370. The number of hydrogen-bond acceptors (Lipinski definition) is 2. The zero-order chi connectivity index (χ0) is 14.9. The van der Waals surface area contributed by atoms with Crippen LogP contribution in [0.5, 0.6) is 0 Å². The van der Waals surface area contributed by atoms with Gasteiger partial charge in [-0.1, -0.05) is 12.8 Å². The van der Waals surface area contributed by atoms with Crippen LogP contribution in [0.15, 0.2) is 0 Å². The Labute approximate surface area is 133 Å². The summed E-state index contributed by atoms with van der Waals surface area (Å²) in [6.45, 7) is 0.805. The molecule has 0 bridgehead atoms. The molecule has 4 aliphatic rings. The number of hydrogen-bond donors (Lipinski definition) is 2. The van der Waals surface area contributed by atoms with E-state index in [0.717, 1.165) is 43.6 Å². The fourth-order valence-electron chi connectivity index (χ4n) is 4.52. The minimum absolute atomic E-state index is 0.0582. The summed E-state index contributed by atoms with van der Waals surface area (Å²) in [4.78, 5) is 12.3. The summed E-state index contributed by atoms with van der Waals surface area (Å²) in [6.07, 6.45) is 12.9. The van der Waals surface area contributed by atoms with Gasteiger partial charge in [-0.25, -0.2) is 4.79 Å². The fourth-order valence-corrected chi connectivity index (χ4v) is 4.52. The van der Waals surface area contributed by atoms with Crippen LogP contribution in [0.2, 0.25) is 0 Å². The molecule has 4 unspecified atom stereocenters. The Balaban J connectivity index is 1.21. The van der Waals surface area contributed by atoms with Gasteiger partial charge in [0, 0.05) is 18.7 Å². The highest BCUT2D eigenvalue weighted by Crippen LogP contribution is 2.44. The Hall–Kier alpha value is -0.770. The first-order valence-corrected chi connectivity index (χ1v) is 9.46. The van der Waals surface area contributed by atoms with E-state index in [2.05, 4.69) is 10.6 Å². The quantitative estimate of drug-likeness (QED) is 0.838. The molecule has 0 aromatic rings. The number of rotatable bonds is 4. The molecule has 3 saturated carbocycles. The van der Waals surface area contributed by atoms with Crippen molar-refractivity contribution in [3.8, 4) is 0 Å². The molecule has 0 spiro atoms. The molecule has 1 saturated heterocycles. The van der Waals surface area contributed by atoms with E-state index in [1.807, 2.05) is 0 Å². The van der Waals surface area contributed by atoms with Crippen molar-refractivity contribution < 1.29 is 9.53 Å². The van der Waals surface area contributed by atoms with Crippen LogP contribution < -0.4 is 10.6 Å². The number of ether oxygens (including phenoxy) is 1. The van der Waals surface area contributed by atoms with Crippen molar-refractivity contribution >= 4 is 6.03 Å². The molecule has 2 amide bonds. The molecule has 4 heteroatoms. The van der Waals surface area contributed by atoms with E-state index in [-0.39, 0.29) is 6.03 Å². The van der Waals surface area contributed by atoms with E-state index in [0.29, 0.717) is 18.2 Å². The monoisotopic (exact) mass is 306 g/mol. The Kier molecular flexibility index (Phi) is 4.29. The average molecular weight is 306 g/mol. The van der Waals surface area contributed by atoms with Crippen molar-refractivity contribution in [1.82, 2.24) is 10.6 Å². The lowest BCUT2D eigenvalue weighted by Gasteiger charge is -2.32. The van der Waals surface area contributed by atoms with Gasteiger partial charge in [0.1, 0.15) is 0 Å². The zero-order valence-corrected chi connectivity index (χ0v) is 13.6. The van der Waals surface area contributed by atoms with Gasteiger partial charge in [0.15, 0.2) is 0 Å². The van der Waals surface area contributed by atoms with Crippen molar-refractivity contribution in [3.63, 3.8) is 0 Å². The van der Waals surface area contributed by atoms with E-state index < -0.39 is 0 Å². The van der Waals surface area contributed by atoms with Gasteiger partial charge in [-0.3, -0.25) is 0 Å². The van der Waals surface area contributed by atoms with Crippen LogP contribution >= 0.6 is 0 Å². The Morgan fingerprint density at radius 2 is 1.50 bits per heavy atom. The van der Waals surface area contributed by atoms with Crippen molar-refractivity contribution in [2.45, 2.75) is 82.4 Å². The molecule has 4 rings (SSSR count). The molecule has 4 nitrogen and oxygen atoms in total. The van der Waals surface area contributed by atoms with Gasteiger partial charge in [-0.15, -0.1) is 0 Å². The molecule has 0 aromatic carbocycles. The maximum absolute atomic E-state index is 12.3. The Morgan fingerprint density at radius 3 is 2.23 bits per heavy atom. The standard InChI is InChI=1S/C18H30N2O2/c21-18(19-15-3-1-2-14(10-15)12-4-5-12)20-16-8-9-22-17(11-16)13-6-7-13/h12-17H,1-11H2,(H2,19,20,21). The van der Waals surface area contributed by atoms with Crippen LogP contribution in [-0.4, -0.2) is 30.8 Å². The lowest BCUT2D eigenvalue weighted by atomic mass is 9.83. The third kappa shape index (κ3) is 3.76. The van der Waals surface area contributed by atoms with Crippen LogP contribution in [-0.2, 0) is 4.74 Å². The first-order valence-electron chi connectivity index (χ1n) is 9.46. The van der Waals surface area contributed by atoms with E-state index in [9.17, 15) is 4.79 Å². The molecule has 3 aliphatic carbocycles. The van der Waals surface area contributed by atoms with Crippen molar-refractivity contribution in [1.29, 1.82) is 0 Å². The van der Waals surface area contributed by atoms with Crippen LogP contribution in [0.25, 0.3) is 0 Å². The third-order valence-electron chi connectivity index (χ3n) is 6.14. The third-order valence-corrected chi connectivity index (χ3v) is 6.14. The highest BCUT2D eigenvalue weighted by molar-refractivity contribution is 5.74. The van der Waals surface area contributed by atoms with Gasteiger partial charge < -0.3 is 15.4 Å². The van der Waals surface area contributed by atoms with Gasteiger partial charge in [-0.2, -0.15) is 0 Å². The van der Waals surface area contributed by atoms with E-state index in [1.54, 1.807) is 0 Å². The molecule has 4 fully saturated rings. The number of carbonyl (C=O) groups excluding carboxylic acids is 1. The second-order valence-electron chi connectivity index (χ2n) is 8.05. The number of nitrogens with one attached hydrogen (secondary N) is 2. The molecule has 22 heavy (non-hydrogen) atoms. The van der Waals surface area contributed by atoms with Gasteiger partial charge in [0.25, 0.3) is 0 Å². The highest BCUT2D eigenvalue weighted by Gasteiger charge is 2.37. The molecule has 1 heterocycles. The van der Waals surface area contributed by atoms with Crippen molar-refractivity contribution in [2.75, 3.05) is 6.61 Å². The summed E-state index contributed by atoms with van der Waals surface area (Å²) in [6, 6.07) is 0.767. The molecule has 4 atom stereocenters. The number of carbonyl (C=O) groups is 1. The predicted molar refractivity (Wildman–Crippen MR) is 85.6 cm³/mol. The summed E-state index contributed by atoms with van der Waals surface area (Å²) < 4.78 is 5.84. The zero-order valence-electron chi connectivity index (χ0n) is 13.6. The molecule has 124 valence electrons. The van der Waals surface area contributed by atoms with Crippen LogP contribution in [0, 0.1) is 17.8 Å². The minimum Gasteiger partial charge on any atom is -0.378 e. The number of amides is 2. The molecular weight excluding hydrogens is 276 g/mol. The number of urea groups is 1. The lowest BCUT2D eigenvalue weighted by Crippen LogP contribution is -2.50. The predicted octanol–water partition coefficient (Wildman–Crippen LogP) is 3.21. The summed E-state index contributed by atoms with van der Waals surface area (Å²) in [7, 11) is 0. The van der Waals surface area contributed by atoms with Gasteiger partial charge in [0.05, 0.1) is 6.10 Å². The van der Waals surface area contributed by atoms with Gasteiger partial charge >= 0.3 is 6.03 Å². The molecule has 1 aliphatic heterocycles. The smallest absolute Gasteiger partial charge is 0.315 e. The SMILES string of the molecule is O=C(NC1CCCC(C2CC2)C1)NC1CCOC(C2CC2)C1. The second kappa shape index (κ2) is 6.38. The molecule has 0 radical (unpaired) electrons. The van der Waals surface area contributed by atoms with Gasteiger partial charge in [-0.05, 0) is 69.1 Å². The molecular formula is C18H30N2O2. The first-order chi connectivity index (χ1) is 10.8. The van der Waals surface area contributed by atoms with Crippen LogP contribution in [0.4, 0.5) is 4.79 Å². The molecule has 2 N–H and O–H groups in total. The summed E-state index contributed by atoms with van der Waals surface area (Å²) in [5.41, 5.74) is 0. The van der Waals surface area contributed by atoms with Crippen molar-refractivity contribution in [3.05, 3.63) is 0 Å². The van der Waals surface area contributed by atoms with Crippen molar-refractivity contribution in [2.24, 2.45) is 17.8 Å². The fraction of sp³-hybridized carbons (Fsp3) is 0.944. The Morgan fingerprint density at radius 1 is 0.773 bits per heavy atom.